The van der Waals surface area contributed by atoms with Crippen LogP contribution in [0.4, 0.5) is 5.69 Å². The molecule has 8 heteroatoms. The molecule has 102 valence electrons. The number of H-pyrrole nitrogens is 1. The highest BCUT2D eigenvalue weighted by molar-refractivity contribution is 7.92. The van der Waals surface area contributed by atoms with Gasteiger partial charge in [0.1, 0.15) is 22.1 Å². The van der Waals surface area contributed by atoms with E-state index < -0.39 is 10.0 Å². The number of aromatic hydroxyl groups is 1. The van der Waals surface area contributed by atoms with E-state index in [2.05, 4.69) is 14.9 Å². The summed E-state index contributed by atoms with van der Waals surface area (Å²) in [7, 11) is -2.45. The van der Waals surface area contributed by atoms with Crippen molar-refractivity contribution in [1.29, 1.82) is 0 Å². The fourth-order valence-electron chi connectivity index (χ4n) is 1.59. The van der Waals surface area contributed by atoms with Crippen LogP contribution in [0.25, 0.3) is 0 Å². The van der Waals surface area contributed by atoms with E-state index in [1.807, 2.05) is 0 Å². The molecule has 2 rings (SSSR count). The van der Waals surface area contributed by atoms with E-state index >= 15 is 0 Å². The third-order valence-electron chi connectivity index (χ3n) is 2.53. The molecule has 0 bridgehead atoms. The van der Waals surface area contributed by atoms with Gasteiger partial charge >= 0.3 is 0 Å². The molecule has 7 nitrogen and oxygen atoms in total. The number of phenols is 1. The van der Waals surface area contributed by atoms with Crippen molar-refractivity contribution in [2.45, 2.75) is 11.8 Å². The lowest BCUT2D eigenvalue weighted by Crippen LogP contribution is -2.14. The van der Waals surface area contributed by atoms with Crippen LogP contribution in [0.1, 0.15) is 5.69 Å². The lowest BCUT2D eigenvalue weighted by molar-refractivity contribution is 0.411. The summed E-state index contributed by atoms with van der Waals surface area (Å²) in [5.74, 6) is 0.00814. The Balaban J connectivity index is 2.45. The number of benzene rings is 1. The number of hydrogen-bond acceptors (Lipinski definition) is 5. The van der Waals surface area contributed by atoms with Crippen LogP contribution in [0.3, 0.4) is 0 Å². The molecule has 19 heavy (non-hydrogen) atoms. The summed E-state index contributed by atoms with van der Waals surface area (Å²) in [6.07, 6.45) is 1.20. The van der Waals surface area contributed by atoms with Gasteiger partial charge in [0, 0.05) is 0 Å². The standard InChI is InChI=1S/C11H13N3O4S/c1-7-10(6-12-13-7)19(16,17)14-11-8(15)4-3-5-9(11)18-2/h3-6,14-15H,1-2H3,(H,12,13). The van der Waals surface area contributed by atoms with Crippen molar-refractivity contribution in [3.05, 3.63) is 30.1 Å². The summed E-state index contributed by atoms with van der Waals surface area (Å²) < 4.78 is 31.6. The van der Waals surface area contributed by atoms with Crippen LogP contribution in [0, 0.1) is 6.92 Å². The summed E-state index contributed by atoms with van der Waals surface area (Å²) in [6.45, 7) is 1.59. The molecule has 0 saturated heterocycles. The van der Waals surface area contributed by atoms with Crippen LogP contribution in [-0.2, 0) is 10.0 Å². The first-order valence-corrected chi connectivity index (χ1v) is 6.83. The number of anilines is 1. The number of sulfonamides is 1. The molecular formula is C11H13N3O4S. The lowest BCUT2D eigenvalue weighted by atomic mass is 10.3. The van der Waals surface area contributed by atoms with Gasteiger partial charge < -0.3 is 9.84 Å². The second-order valence-corrected chi connectivity index (χ2v) is 5.47. The molecular weight excluding hydrogens is 270 g/mol. The summed E-state index contributed by atoms with van der Waals surface area (Å²) in [6, 6.07) is 4.46. The van der Waals surface area contributed by atoms with Crippen molar-refractivity contribution in [2.75, 3.05) is 11.8 Å². The molecule has 1 heterocycles. The molecule has 0 spiro atoms. The largest absolute Gasteiger partial charge is 0.506 e. The summed E-state index contributed by atoms with van der Waals surface area (Å²) in [5.41, 5.74) is 0.396. The molecule has 0 unspecified atom stereocenters. The smallest absolute Gasteiger partial charge is 0.265 e. The highest BCUT2D eigenvalue weighted by atomic mass is 32.2. The second-order valence-electron chi connectivity index (χ2n) is 3.82. The number of nitrogens with one attached hydrogen (secondary N) is 2. The molecule has 0 fully saturated rings. The first-order chi connectivity index (χ1) is 8.95. The number of aromatic amines is 1. The number of nitrogens with zero attached hydrogens (tertiary/aromatic N) is 1. The van der Waals surface area contributed by atoms with E-state index in [1.165, 1.54) is 19.4 Å². The minimum absolute atomic E-state index is 0.00870. The van der Waals surface area contributed by atoms with E-state index in [1.54, 1.807) is 19.1 Å². The maximum Gasteiger partial charge on any atom is 0.265 e. The fraction of sp³-hybridized carbons (Fsp3) is 0.182. The van der Waals surface area contributed by atoms with Gasteiger partial charge in [0.25, 0.3) is 10.0 Å². The molecule has 3 N–H and O–H groups in total. The number of ether oxygens (including phenoxy) is 1. The van der Waals surface area contributed by atoms with Crippen LogP contribution in [0.2, 0.25) is 0 Å². The first kappa shape index (κ1) is 13.2. The first-order valence-electron chi connectivity index (χ1n) is 5.34. The predicted octanol–water partition coefficient (Wildman–Crippen LogP) is 1.23. The molecule has 0 aliphatic carbocycles. The summed E-state index contributed by atoms with van der Waals surface area (Å²) in [4.78, 5) is 0.0119. The lowest BCUT2D eigenvalue weighted by Gasteiger charge is -2.12. The topological polar surface area (TPSA) is 104 Å². The zero-order valence-electron chi connectivity index (χ0n) is 10.3. The Morgan fingerprint density at radius 1 is 1.42 bits per heavy atom. The molecule has 1 aromatic carbocycles. The van der Waals surface area contributed by atoms with Crippen molar-refractivity contribution in [1.82, 2.24) is 10.2 Å². The monoisotopic (exact) mass is 283 g/mol. The van der Waals surface area contributed by atoms with Gasteiger partial charge in [-0.1, -0.05) is 6.07 Å². The SMILES string of the molecule is COc1cccc(O)c1NS(=O)(=O)c1cn[nH]c1C. The third-order valence-corrected chi connectivity index (χ3v) is 4.00. The molecule has 0 radical (unpaired) electrons. The Morgan fingerprint density at radius 2 is 2.16 bits per heavy atom. The quantitative estimate of drug-likeness (QED) is 0.732. The van der Waals surface area contributed by atoms with Gasteiger partial charge in [0.05, 0.1) is 19.0 Å². The van der Waals surface area contributed by atoms with Gasteiger partial charge in [-0.05, 0) is 19.1 Å². The minimum Gasteiger partial charge on any atom is -0.506 e. The Bertz CT molecular complexity index is 694. The zero-order valence-corrected chi connectivity index (χ0v) is 11.2. The van der Waals surface area contributed by atoms with Gasteiger partial charge in [-0.25, -0.2) is 8.42 Å². The molecule has 0 saturated carbocycles. The van der Waals surface area contributed by atoms with Crippen molar-refractivity contribution in [3.63, 3.8) is 0 Å². The van der Waals surface area contributed by atoms with E-state index in [-0.39, 0.29) is 22.1 Å². The average Bonchev–Trinajstić information content (AvgIpc) is 2.79. The van der Waals surface area contributed by atoms with Gasteiger partial charge in [0.15, 0.2) is 0 Å². The Labute approximate surface area is 110 Å². The third kappa shape index (κ3) is 2.48. The highest BCUT2D eigenvalue weighted by Gasteiger charge is 2.22. The maximum absolute atomic E-state index is 12.2. The highest BCUT2D eigenvalue weighted by Crippen LogP contribution is 2.35. The fourth-order valence-corrected chi connectivity index (χ4v) is 2.82. The van der Waals surface area contributed by atoms with Gasteiger partial charge in [-0.15, -0.1) is 0 Å². The van der Waals surface area contributed by atoms with E-state index in [4.69, 9.17) is 4.74 Å². The molecule has 1 aromatic heterocycles. The van der Waals surface area contributed by atoms with Crippen LogP contribution in [0.5, 0.6) is 11.5 Å². The molecule has 0 amide bonds. The average molecular weight is 283 g/mol. The van der Waals surface area contributed by atoms with Crippen molar-refractivity contribution >= 4 is 15.7 Å². The number of para-hydroxylation sites is 1. The predicted molar refractivity (Wildman–Crippen MR) is 68.8 cm³/mol. The van der Waals surface area contributed by atoms with Gasteiger partial charge in [-0.2, -0.15) is 5.10 Å². The van der Waals surface area contributed by atoms with Gasteiger partial charge in [-0.3, -0.25) is 9.82 Å². The number of hydrogen-bond donors (Lipinski definition) is 3. The molecule has 2 aromatic rings. The number of aryl methyl sites for hydroxylation is 1. The van der Waals surface area contributed by atoms with Crippen molar-refractivity contribution in [3.8, 4) is 11.5 Å². The maximum atomic E-state index is 12.2. The van der Waals surface area contributed by atoms with Gasteiger partial charge in [0.2, 0.25) is 0 Å². The van der Waals surface area contributed by atoms with Crippen molar-refractivity contribution in [2.24, 2.45) is 0 Å². The van der Waals surface area contributed by atoms with E-state index in [0.717, 1.165) is 0 Å². The van der Waals surface area contributed by atoms with Crippen molar-refractivity contribution < 1.29 is 18.3 Å². The van der Waals surface area contributed by atoms with E-state index in [9.17, 15) is 13.5 Å². The number of aromatic nitrogens is 2. The van der Waals surface area contributed by atoms with Crippen LogP contribution < -0.4 is 9.46 Å². The Morgan fingerprint density at radius 3 is 2.74 bits per heavy atom. The number of phenolic OH excluding ortho intramolecular Hbond substituents is 1. The van der Waals surface area contributed by atoms with E-state index in [0.29, 0.717) is 5.69 Å². The summed E-state index contributed by atoms with van der Waals surface area (Å²) in [5, 5.41) is 15.9. The van der Waals surface area contributed by atoms with Crippen LogP contribution in [0.15, 0.2) is 29.3 Å². The molecule has 0 aliphatic rings. The normalized spacial score (nSPS) is 11.3. The Kier molecular flexibility index (Phi) is 3.34. The number of methoxy groups -OCH3 is 1. The van der Waals surface area contributed by atoms with Crippen LogP contribution >= 0.6 is 0 Å². The Hall–Kier alpha value is -2.22. The minimum atomic E-state index is -3.84. The second kappa shape index (κ2) is 4.81. The molecule has 0 atom stereocenters. The summed E-state index contributed by atoms with van der Waals surface area (Å²) >= 11 is 0. The number of rotatable bonds is 4. The molecule has 0 aliphatic heterocycles. The zero-order chi connectivity index (χ0) is 14.0. The van der Waals surface area contributed by atoms with Crippen LogP contribution in [-0.4, -0.2) is 30.8 Å².